The van der Waals surface area contributed by atoms with Gasteiger partial charge in [-0.15, -0.1) is 10.3 Å². The van der Waals surface area contributed by atoms with Crippen LogP contribution in [0.25, 0.3) is 0 Å². The van der Waals surface area contributed by atoms with Gasteiger partial charge in [0.15, 0.2) is 0 Å². The molecule has 0 aromatic rings. The van der Waals surface area contributed by atoms with Gasteiger partial charge in [-0.25, -0.2) is 3.63 Å². The summed E-state index contributed by atoms with van der Waals surface area (Å²) in [6, 6.07) is 0. The predicted molar refractivity (Wildman–Crippen MR) is 130 cm³/mol. The maximum absolute atomic E-state index is 13.5. The molecule has 2 unspecified atom stereocenters. The van der Waals surface area contributed by atoms with Crippen molar-refractivity contribution in [3.63, 3.8) is 0 Å². The fourth-order valence-corrected chi connectivity index (χ4v) is 12.3. The van der Waals surface area contributed by atoms with Crippen LogP contribution in [0.3, 0.4) is 0 Å². The van der Waals surface area contributed by atoms with Gasteiger partial charge in [0.1, 0.15) is 11.6 Å². The lowest BCUT2D eigenvalue weighted by molar-refractivity contribution is -0.128. The summed E-state index contributed by atoms with van der Waals surface area (Å²) >= 11 is 0. The summed E-state index contributed by atoms with van der Waals surface area (Å²) in [7, 11) is -6.09. The van der Waals surface area contributed by atoms with Crippen molar-refractivity contribution in [1.29, 1.82) is 0 Å². The van der Waals surface area contributed by atoms with E-state index in [1.165, 1.54) is 0 Å². The molecule has 2 aliphatic carbocycles. The van der Waals surface area contributed by atoms with E-state index in [9.17, 15) is 18.0 Å². The van der Waals surface area contributed by atoms with E-state index in [1.54, 1.807) is 0 Å². The van der Waals surface area contributed by atoms with Gasteiger partial charge in [0.2, 0.25) is 0 Å². The number of hydrogen-bond acceptors (Lipinski definition) is 5. The van der Waals surface area contributed by atoms with Gasteiger partial charge >= 0.3 is 0 Å². The van der Waals surface area contributed by atoms with Crippen molar-refractivity contribution in [2.24, 2.45) is 22.2 Å². The smallest absolute Gasteiger partial charge is 0.277 e. The summed E-state index contributed by atoms with van der Waals surface area (Å²) in [6.45, 7) is 13.9. The van der Waals surface area contributed by atoms with Gasteiger partial charge in [0, 0.05) is 23.3 Å². The third-order valence-electron chi connectivity index (χ3n) is 7.78. The maximum Gasteiger partial charge on any atom is 0.277 e. The second kappa shape index (κ2) is 9.46. The fraction of sp³-hybridized carbons (Fsp3) is 0.917. The molecule has 31 heavy (non-hydrogen) atoms. The molecule has 5 nitrogen and oxygen atoms in total. The van der Waals surface area contributed by atoms with E-state index < -0.39 is 31.3 Å². The lowest BCUT2D eigenvalue weighted by atomic mass is 9.70. The van der Waals surface area contributed by atoms with Gasteiger partial charge in [0.05, 0.1) is 16.9 Å². The lowest BCUT2D eigenvalue weighted by Crippen LogP contribution is -2.43. The molecule has 0 aliphatic heterocycles. The molecule has 7 heteroatoms. The molecule has 0 aromatic carbocycles. The largest absolute Gasteiger partial charge is 0.299 e. The van der Waals surface area contributed by atoms with Crippen LogP contribution in [-0.4, -0.2) is 43.0 Å². The number of Topliss-reactive ketones (excluding diaryl/α,β-unsaturated/α-hetero) is 2. The van der Waals surface area contributed by atoms with Crippen molar-refractivity contribution in [3.05, 3.63) is 0 Å². The Morgan fingerprint density at radius 3 is 2.03 bits per heavy atom. The normalized spacial score (nSPS) is 26.4. The van der Waals surface area contributed by atoms with Crippen LogP contribution < -0.4 is 0 Å². The number of ketones is 2. The highest BCUT2D eigenvalue weighted by Gasteiger charge is 2.65. The van der Waals surface area contributed by atoms with Crippen LogP contribution >= 0.6 is 10.3 Å². The molecule has 2 fully saturated rings. The van der Waals surface area contributed by atoms with Crippen LogP contribution in [0.5, 0.6) is 0 Å². The molecule has 2 aliphatic rings. The molecular weight excluding hydrogens is 432 g/mol. The molecule has 182 valence electrons. The van der Waals surface area contributed by atoms with E-state index in [0.717, 1.165) is 32.1 Å². The Balaban J connectivity index is 2.36. The van der Waals surface area contributed by atoms with Crippen LogP contribution in [0.4, 0.5) is 0 Å². The van der Waals surface area contributed by atoms with Gasteiger partial charge in [-0.1, -0.05) is 61.3 Å². The molecule has 2 atom stereocenters. The van der Waals surface area contributed by atoms with Gasteiger partial charge in [-0.05, 0) is 37.0 Å². The molecule has 0 amide bonds. The zero-order chi connectivity index (χ0) is 23.7. The fourth-order valence-electron chi connectivity index (χ4n) is 5.26. The van der Waals surface area contributed by atoms with Crippen LogP contribution in [-0.2, 0) is 23.3 Å². The number of carbonyl (C=O) groups excluding carboxylic acids is 2. The van der Waals surface area contributed by atoms with Crippen molar-refractivity contribution < 1.29 is 21.6 Å². The molecule has 0 aromatic heterocycles. The van der Waals surface area contributed by atoms with Crippen molar-refractivity contribution in [1.82, 2.24) is 0 Å². The molecule has 2 rings (SSSR count). The van der Waals surface area contributed by atoms with Gasteiger partial charge in [-0.3, -0.25) is 9.59 Å². The minimum atomic E-state index is -3.96. The molecule has 0 N–H and O–H groups in total. The third kappa shape index (κ3) is 5.57. The lowest BCUT2D eigenvalue weighted by Gasteiger charge is -2.42. The summed E-state index contributed by atoms with van der Waals surface area (Å²) in [5.74, 6) is 1.59. The number of hydrogen-bond donors (Lipinski definition) is 0. The zero-order valence-corrected chi connectivity index (χ0v) is 22.3. The monoisotopic (exact) mass is 476 g/mol. The standard InChI is InChI=1S/C24H44O5S2/c1-8-10-14-30(15-11-9-2,17-21(26)22(3,4)5)29-31(27,28)18-24-13-12-19(16-20(24)25)23(24,6)7/h19H,8-18H2,1-7H3. The van der Waals surface area contributed by atoms with Crippen LogP contribution in [0, 0.1) is 22.2 Å². The van der Waals surface area contributed by atoms with Crippen molar-refractivity contribution >= 4 is 32.0 Å². The highest BCUT2D eigenvalue weighted by atomic mass is 32.3. The molecule has 0 heterocycles. The first-order valence-corrected chi connectivity index (χ1v) is 15.6. The Kier molecular flexibility index (Phi) is 8.19. The van der Waals surface area contributed by atoms with E-state index in [-0.39, 0.29) is 34.4 Å². The van der Waals surface area contributed by atoms with Crippen LogP contribution in [0.15, 0.2) is 0 Å². The minimum Gasteiger partial charge on any atom is -0.299 e. The van der Waals surface area contributed by atoms with E-state index >= 15 is 0 Å². The molecule has 2 saturated carbocycles. The van der Waals surface area contributed by atoms with Gasteiger partial charge in [0.25, 0.3) is 10.1 Å². The first-order chi connectivity index (χ1) is 14.1. The summed E-state index contributed by atoms with van der Waals surface area (Å²) in [5.41, 5.74) is -1.71. The Bertz CT molecular complexity index is 770. The van der Waals surface area contributed by atoms with E-state index in [1.807, 2.05) is 34.6 Å². The number of unbranched alkanes of at least 4 members (excludes halogenated alkanes) is 2. The minimum absolute atomic E-state index is 0.0567. The highest BCUT2D eigenvalue weighted by molar-refractivity contribution is 8.33. The second-order valence-corrected chi connectivity index (χ2v) is 16.3. The first kappa shape index (κ1) is 26.8. The summed E-state index contributed by atoms with van der Waals surface area (Å²) in [5, 5.41) is 0. The van der Waals surface area contributed by atoms with Crippen molar-refractivity contribution in [3.8, 4) is 0 Å². The second-order valence-electron chi connectivity index (χ2n) is 11.3. The van der Waals surface area contributed by atoms with E-state index in [2.05, 4.69) is 13.8 Å². The maximum atomic E-state index is 13.5. The Morgan fingerprint density at radius 2 is 1.65 bits per heavy atom. The average molecular weight is 477 g/mol. The van der Waals surface area contributed by atoms with Crippen LogP contribution in [0.2, 0.25) is 0 Å². The zero-order valence-electron chi connectivity index (χ0n) is 20.7. The Hall–Kier alpha value is -0.400. The van der Waals surface area contributed by atoms with Crippen LogP contribution in [0.1, 0.15) is 93.4 Å². The third-order valence-corrected chi connectivity index (χ3v) is 13.5. The van der Waals surface area contributed by atoms with Crippen molar-refractivity contribution in [2.45, 2.75) is 93.4 Å². The molecule has 0 saturated heterocycles. The summed E-state index contributed by atoms with van der Waals surface area (Å²) in [4.78, 5) is 25.9. The predicted octanol–water partition coefficient (Wildman–Crippen LogP) is 5.66. The highest BCUT2D eigenvalue weighted by Crippen LogP contribution is 2.65. The van der Waals surface area contributed by atoms with Crippen molar-refractivity contribution in [2.75, 3.05) is 23.0 Å². The molecule has 2 bridgehead atoms. The topological polar surface area (TPSA) is 77.5 Å². The Labute approximate surface area is 192 Å². The Morgan fingerprint density at radius 1 is 1.10 bits per heavy atom. The summed E-state index contributed by atoms with van der Waals surface area (Å²) in [6.07, 6.45) is 5.53. The van der Waals surface area contributed by atoms with Gasteiger partial charge in [-0.2, -0.15) is 8.42 Å². The molecule has 0 radical (unpaired) electrons. The quantitative estimate of drug-likeness (QED) is 0.363. The SMILES string of the molecule is CCCCS(CCCC)(CC(=O)C(C)(C)C)OS(=O)(=O)CC12CCC(CC1=O)C2(C)C. The number of carbonyl (C=O) groups is 2. The number of rotatable bonds is 12. The molecule has 0 spiro atoms. The van der Waals surface area contributed by atoms with E-state index in [4.69, 9.17) is 3.63 Å². The van der Waals surface area contributed by atoms with Gasteiger partial charge < -0.3 is 0 Å². The van der Waals surface area contributed by atoms with E-state index in [0.29, 0.717) is 24.3 Å². The number of fused-ring (bicyclic) bond motifs is 2. The molecular formula is C24H44O5S2. The summed E-state index contributed by atoms with van der Waals surface area (Å²) < 4.78 is 33.1. The average Bonchev–Trinajstić information content (AvgIpc) is 2.97. The first-order valence-electron chi connectivity index (χ1n) is 11.9.